The number of carbonyl (C=O) groups is 1. The van der Waals surface area contributed by atoms with Crippen molar-refractivity contribution in [1.29, 1.82) is 0 Å². The summed E-state index contributed by atoms with van der Waals surface area (Å²) in [7, 11) is 0. The number of rotatable bonds is 1. The van der Waals surface area contributed by atoms with E-state index >= 15 is 0 Å². The molecule has 0 saturated carbocycles. The highest BCUT2D eigenvalue weighted by molar-refractivity contribution is 5.87. The number of allylic oxidation sites excluding steroid dienone is 1. The SMILES string of the molecule is C=C1CC[C@](C)(n2c(C)nc3cccc(C)c3c2=O)C(=O)N1. The maximum absolute atomic E-state index is 13.0. The molecule has 0 bridgehead atoms. The van der Waals surface area contributed by atoms with Gasteiger partial charge in [-0.1, -0.05) is 18.7 Å². The largest absolute Gasteiger partial charge is 0.328 e. The summed E-state index contributed by atoms with van der Waals surface area (Å²) in [5.74, 6) is 0.344. The molecule has 1 amide bonds. The van der Waals surface area contributed by atoms with Gasteiger partial charge in [-0.3, -0.25) is 14.2 Å². The number of hydrogen-bond donors (Lipinski definition) is 1. The zero-order chi connectivity index (χ0) is 16.1. The fourth-order valence-electron chi connectivity index (χ4n) is 3.17. The van der Waals surface area contributed by atoms with E-state index in [1.165, 1.54) is 4.57 Å². The molecule has 0 radical (unpaired) electrons. The number of amides is 1. The quantitative estimate of drug-likeness (QED) is 0.877. The molecule has 1 aliphatic heterocycles. The molecular weight excluding hydrogens is 278 g/mol. The van der Waals surface area contributed by atoms with Crippen LogP contribution in [0.3, 0.4) is 0 Å². The minimum absolute atomic E-state index is 0.161. The van der Waals surface area contributed by atoms with Gasteiger partial charge in [-0.25, -0.2) is 4.98 Å². The highest BCUT2D eigenvalue weighted by Crippen LogP contribution is 2.29. The lowest BCUT2D eigenvalue weighted by molar-refractivity contribution is -0.130. The lowest BCUT2D eigenvalue weighted by atomic mass is 9.89. The number of nitrogens with zero attached hydrogens (tertiary/aromatic N) is 2. The van der Waals surface area contributed by atoms with Gasteiger partial charge in [-0.05, 0) is 45.2 Å². The third kappa shape index (κ3) is 1.96. The van der Waals surface area contributed by atoms with Gasteiger partial charge >= 0.3 is 0 Å². The second-order valence-electron chi connectivity index (χ2n) is 6.10. The fourth-order valence-corrected chi connectivity index (χ4v) is 3.17. The Bertz CT molecular complexity index is 866. The Morgan fingerprint density at radius 1 is 1.32 bits per heavy atom. The van der Waals surface area contributed by atoms with E-state index in [0.29, 0.717) is 35.3 Å². The maximum Gasteiger partial charge on any atom is 0.262 e. The summed E-state index contributed by atoms with van der Waals surface area (Å²) < 4.78 is 1.53. The van der Waals surface area contributed by atoms with Crippen molar-refractivity contribution in [3.8, 4) is 0 Å². The first kappa shape index (κ1) is 14.5. The van der Waals surface area contributed by atoms with E-state index in [4.69, 9.17) is 0 Å². The monoisotopic (exact) mass is 297 g/mol. The highest BCUT2D eigenvalue weighted by atomic mass is 16.2. The molecule has 1 N–H and O–H groups in total. The molecule has 1 aromatic carbocycles. The van der Waals surface area contributed by atoms with Gasteiger partial charge in [0.05, 0.1) is 10.9 Å². The summed E-state index contributed by atoms with van der Waals surface area (Å²) in [6.07, 6.45) is 1.19. The molecule has 1 fully saturated rings. The van der Waals surface area contributed by atoms with Crippen molar-refractivity contribution in [1.82, 2.24) is 14.9 Å². The van der Waals surface area contributed by atoms with Gasteiger partial charge in [0.1, 0.15) is 11.4 Å². The van der Waals surface area contributed by atoms with E-state index < -0.39 is 5.54 Å². The zero-order valence-electron chi connectivity index (χ0n) is 13.1. The number of piperidine rings is 1. The summed E-state index contributed by atoms with van der Waals surface area (Å²) in [5, 5.41) is 3.34. The first-order valence-electron chi connectivity index (χ1n) is 7.33. The van der Waals surface area contributed by atoms with Gasteiger partial charge in [0, 0.05) is 5.70 Å². The van der Waals surface area contributed by atoms with Crippen molar-refractivity contribution in [3.63, 3.8) is 0 Å². The van der Waals surface area contributed by atoms with Crippen LogP contribution >= 0.6 is 0 Å². The number of nitrogens with one attached hydrogen (secondary N) is 1. The van der Waals surface area contributed by atoms with Crippen LogP contribution in [-0.2, 0) is 10.3 Å². The minimum Gasteiger partial charge on any atom is -0.328 e. The first-order chi connectivity index (χ1) is 10.3. The molecule has 0 unspecified atom stereocenters. The lowest BCUT2D eigenvalue weighted by Crippen LogP contribution is -2.54. The molecule has 5 heteroatoms. The molecule has 114 valence electrons. The Morgan fingerprint density at radius 3 is 2.73 bits per heavy atom. The van der Waals surface area contributed by atoms with Gasteiger partial charge in [0.25, 0.3) is 5.56 Å². The van der Waals surface area contributed by atoms with Crippen LogP contribution in [-0.4, -0.2) is 15.5 Å². The molecule has 5 nitrogen and oxygen atoms in total. The van der Waals surface area contributed by atoms with Crippen LogP contribution in [0.4, 0.5) is 0 Å². The average molecular weight is 297 g/mol. The van der Waals surface area contributed by atoms with Gasteiger partial charge in [0.15, 0.2) is 0 Å². The number of benzene rings is 1. The molecule has 22 heavy (non-hydrogen) atoms. The highest BCUT2D eigenvalue weighted by Gasteiger charge is 2.40. The molecule has 2 aromatic rings. The molecule has 0 spiro atoms. The van der Waals surface area contributed by atoms with Gasteiger partial charge in [-0.15, -0.1) is 0 Å². The Balaban J connectivity index is 2.32. The number of hydrogen-bond acceptors (Lipinski definition) is 3. The van der Waals surface area contributed by atoms with E-state index in [1.54, 1.807) is 13.8 Å². The topological polar surface area (TPSA) is 64.0 Å². The number of aryl methyl sites for hydroxylation is 2. The lowest BCUT2D eigenvalue weighted by Gasteiger charge is -2.36. The number of aromatic nitrogens is 2. The molecule has 0 aliphatic carbocycles. The van der Waals surface area contributed by atoms with Crippen molar-refractivity contribution in [2.45, 2.75) is 39.2 Å². The van der Waals surface area contributed by atoms with Crippen molar-refractivity contribution >= 4 is 16.8 Å². The Hall–Kier alpha value is -2.43. The van der Waals surface area contributed by atoms with Crippen molar-refractivity contribution in [2.24, 2.45) is 0 Å². The Labute approximate surface area is 128 Å². The van der Waals surface area contributed by atoms with E-state index in [1.807, 2.05) is 25.1 Å². The van der Waals surface area contributed by atoms with Crippen molar-refractivity contribution in [2.75, 3.05) is 0 Å². The summed E-state index contributed by atoms with van der Waals surface area (Å²) in [6.45, 7) is 9.24. The molecule has 1 saturated heterocycles. The zero-order valence-corrected chi connectivity index (χ0v) is 13.1. The molecule has 1 aromatic heterocycles. The van der Waals surface area contributed by atoms with E-state index in [2.05, 4.69) is 16.9 Å². The third-order valence-corrected chi connectivity index (χ3v) is 4.46. The third-order valence-electron chi connectivity index (χ3n) is 4.46. The summed E-state index contributed by atoms with van der Waals surface area (Å²) >= 11 is 0. The Morgan fingerprint density at radius 2 is 2.05 bits per heavy atom. The predicted octanol–water partition coefficient (Wildman–Crippen LogP) is 2.15. The number of carbonyl (C=O) groups excluding carboxylic acids is 1. The average Bonchev–Trinajstić information content (AvgIpc) is 2.43. The van der Waals surface area contributed by atoms with Crippen molar-refractivity contribution in [3.05, 3.63) is 52.2 Å². The van der Waals surface area contributed by atoms with E-state index in [0.717, 1.165) is 5.56 Å². The molecule has 3 rings (SSSR count). The van der Waals surface area contributed by atoms with Crippen LogP contribution in [0, 0.1) is 13.8 Å². The van der Waals surface area contributed by atoms with Crippen molar-refractivity contribution < 1.29 is 4.79 Å². The second kappa shape index (κ2) is 4.80. The minimum atomic E-state index is -0.939. The van der Waals surface area contributed by atoms with Gasteiger partial charge < -0.3 is 5.32 Å². The van der Waals surface area contributed by atoms with Gasteiger partial charge in [0.2, 0.25) is 5.91 Å². The van der Waals surface area contributed by atoms with Crippen LogP contribution < -0.4 is 10.9 Å². The van der Waals surface area contributed by atoms with Crippen LogP contribution in [0.5, 0.6) is 0 Å². The molecule has 2 heterocycles. The van der Waals surface area contributed by atoms with Crippen LogP contribution in [0.2, 0.25) is 0 Å². The van der Waals surface area contributed by atoms with Crippen LogP contribution in [0.25, 0.3) is 10.9 Å². The maximum atomic E-state index is 13.0. The molecule has 1 atom stereocenters. The molecular formula is C17H19N3O2. The Kier molecular flexibility index (Phi) is 3.16. The molecule has 1 aliphatic rings. The van der Waals surface area contributed by atoms with Crippen LogP contribution in [0.1, 0.15) is 31.2 Å². The first-order valence-corrected chi connectivity index (χ1v) is 7.33. The second-order valence-corrected chi connectivity index (χ2v) is 6.10. The van der Waals surface area contributed by atoms with Gasteiger partial charge in [-0.2, -0.15) is 0 Å². The van der Waals surface area contributed by atoms with E-state index in [9.17, 15) is 9.59 Å². The summed E-state index contributed by atoms with van der Waals surface area (Å²) in [4.78, 5) is 30.0. The van der Waals surface area contributed by atoms with E-state index in [-0.39, 0.29) is 11.5 Å². The predicted molar refractivity (Wildman–Crippen MR) is 85.6 cm³/mol. The summed E-state index contributed by atoms with van der Waals surface area (Å²) in [5.41, 5.74) is 1.13. The normalized spacial score (nSPS) is 22.0. The standard InChI is InChI=1S/C17H19N3O2/c1-10-6-5-7-13-14(10)15(21)20(12(3)19-13)17(4)9-8-11(2)18-16(17)22/h5-7H,2,8-9H2,1,3-4H3,(H,18,22)/t17-/m0/s1. The smallest absolute Gasteiger partial charge is 0.262 e. The number of fused-ring (bicyclic) bond motifs is 1. The fraction of sp³-hybridized carbons (Fsp3) is 0.353. The summed E-state index contributed by atoms with van der Waals surface area (Å²) in [6, 6.07) is 5.59. The van der Waals surface area contributed by atoms with Crippen LogP contribution in [0.15, 0.2) is 35.3 Å².